The Morgan fingerprint density at radius 2 is 2.08 bits per heavy atom. The number of aromatic hydroxyl groups is 1. The van der Waals surface area contributed by atoms with E-state index in [0.717, 1.165) is 30.9 Å². The Morgan fingerprint density at radius 1 is 1.15 bits per heavy atom. The van der Waals surface area contributed by atoms with E-state index in [2.05, 4.69) is 42.6 Å². The number of hydrogen-bond donors (Lipinski definition) is 2. The zero-order valence-electron chi connectivity index (χ0n) is 15.7. The van der Waals surface area contributed by atoms with Crippen molar-refractivity contribution in [1.82, 2.24) is 5.32 Å². The van der Waals surface area contributed by atoms with Crippen LogP contribution >= 0.6 is 0 Å². The van der Waals surface area contributed by atoms with Gasteiger partial charge in [0.1, 0.15) is 5.75 Å². The zero-order chi connectivity index (χ0) is 17.7. The number of aryl methyl sites for hydroxylation is 1. The van der Waals surface area contributed by atoms with Gasteiger partial charge < -0.3 is 10.4 Å². The number of piperidine rings is 1. The monoisotopic (exact) mass is 347 g/mol. The quantitative estimate of drug-likeness (QED) is 0.804. The van der Waals surface area contributed by atoms with E-state index in [1.54, 1.807) is 5.56 Å². The minimum atomic E-state index is 0.345. The van der Waals surface area contributed by atoms with Crippen LogP contribution in [-0.4, -0.2) is 17.7 Å². The average molecular weight is 348 g/mol. The molecule has 2 aliphatic carbocycles. The zero-order valence-corrected chi connectivity index (χ0v) is 15.7. The number of phenolic OH excluding ortho intramolecular Hbond substituents is 1. The van der Waals surface area contributed by atoms with Crippen molar-refractivity contribution in [3.8, 4) is 16.9 Å². The summed E-state index contributed by atoms with van der Waals surface area (Å²) in [7, 11) is 0. The van der Waals surface area contributed by atoms with E-state index in [-0.39, 0.29) is 0 Å². The third-order valence-corrected chi connectivity index (χ3v) is 7.43. The molecule has 2 heteroatoms. The number of benzene rings is 2. The van der Waals surface area contributed by atoms with Crippen LogP contribution in [0.5, 0.6) is 5.75 Å². The van der Waals surface area contributed by atoms with Gasteiger partial charge in [0.15, 0.2) is 0 Å². The number of hydrogen-bond acceptors (Lipinski definition) is 2. The first-order valence-electron chi connectivity index (χ1n) is 10.4. The molecule has 2 bridgehead atoms. The van der Waals surface area contributed by atoms with E-state index in [4.69, 9.17) is 0 Å². The Labute approximate surface area is 156 Å². The van der Waals surface area contributed by atoms with Crippen molar-refractivity contribution in [1.29, 1.82) is 0 Å². The molecular formula is C24H29NO. The predicted octanol–water partition coefficient (Wildman–Crippen LogP) is 4.97. The Kier molecular flexibility index (Phi) is 3.86. The molecule has 1 heterocycles. The number of fused-ring (bicyclic) bond motifs is 1. The van der Waals surface area contributed by atoms with Crippen LogP contribution in [-0.2, 0) is 18.3 Å². The molecule has 3 aliphatic rings. The molecule has 2 fully saturated rings. The van der Waals surface area contributed by atoms with Crippen molar-refractivity contribution in [2.45, 2.75) is 63.3 Å². The Hall–Kier alpha value is -1.80. The standard InChI is InChI=1S/C24H29NO/c1-2-16-9-10-17(15-22(16)26)19-7-5-6-18-14-21-20-8-3-4-11-24(20,23(18)19)12-13-25-21/h5-7,9-10,15,20-21,25-26H,2-4,8,11-14H2,1H3/t20-,21+,24?/m0/s1. The van der Waals surface area contributed by atoms with Gasteiger partial charge in [-0.2, -0.15) is 0 Å². The molecule has 0 radical (unpaired) electrons. The molecule has 1 aliphatic heterocycles. The lowest BCUT2D eigenvalue weighted by Gasteiger charge is -2.56. The molecule has 1 saturated heterocycles. The van der Waals surface area contributed by atoms with E-state index in [1.807, 2.05) is 6.07 Å². The lowest BCUT2D eigenvalue weighted by Crippen LogP contribution is -2.59. The number of nitrogens with one attached hydrogen (secondary N) is 1. The van der Waals surface area contributed by atoms with Gasteiger partial charge in [-0.1, -0.05) is 50.1 Å². The topological polar surface area (TPSA) is 32.3 Å². The maximum atomic E-state index is 10.5. The molecule has 0 aromatic heterocycles. The third kappa shape index (κ3) is 2.28. The van der Waals surface area contributed by atoms with Gasteiger partial charge in [0.05, 0.1) is 0 Å². The molecule has 2 nitrogen and oxygen atoms in total. The fourth-order valence-electron chi connectivity index (χ4n) is 6.30. The molecule has 2 N–H and O–H groups in total. The predicted molar refractivity (Wildman–Crippen MR) is 107 cm³/mol. The van der Waals surface area contributed by atoms with Crippen LogP contribution in [0.4, 0.5) is 0 Å². The highest BCUT2D eigenvalue weighted by Crippen LogP contribution is 2.56. The first kappa shape index (κ1) is 16.4. The molecule has 1 unspecified atom stereocenters. The highest BCUT2D eigenvalue weighted by molar-refractivity contribution is 5.73. The highest BCUT2D eigenvalue weighted by atomic mass is 16.3. The van der Waals surface area contributed by atoms with Gasteiger partial charge in [0, 0.05) is 11.5 Å². The van der Waals surface area contributed by atoms with Crippen LogP contribution in [0.15, 0.2) is 36.4 Å². The average Bonchev–Trinajstić information content (AvgIpc) is 2.67. The van der Waals surface area contributed by atoms with Gasteiger partial charge in [-0.15, -0.1) is 0 Å². The molecule has 1 saturated carbocycles. The van der Waals surface area contributed by atoms with Crippen molar-refractivity contribution >= 4 is 0 Å². The summed E-state index contributed by atoms with van der Waals surface area (Å²) in [5, 5.41) is 14.3. The Bertz CT molecular complexity index is 838. The van der Waals surface area contributed by atoms with Crippen LogP contribution in [0.3, 0.4) is 0 Å². The fraction of sp³-hybridized carbons (Fsp3) is 0.500. The summed E-state index contributed by atoms with van der Waals surface area (Å²) in [5.41, 5.74) is 7.09. The highest BCUT2D eigenvalue weighted by Gasteiger charge is 2.52. The summed E-state index contributed by atoms with van der Waals surface area (Å²) < 4.78 is 0. The van der Waals surface area contributed by atoms with Gasteiger partial charge in [-0.05, 0) is 78.5 Å². The van der Waals surface area contributed by atoms with Crippen LogP contribution in [0, 0.1) is 5.92 Å². The van der Waals surface area contributed by atoms with E-state index in [0.29, 0.717) is 17.2 Å². The van der Waals surface area contributed by atoms with Gasteiger partial charge in [0.25, 0.3) is 0 Å². The second kappa shape index (κ2) is 6.13. The summed E-state index contributed by atoms with van der Waals surface area (Å²) in [4.78, 5) is 0. The summed E-state index contributed by atoms with van der Waals surface area (Å²) in [6.45, 7) is 3.24. The largest absolute Gasteiger partial charge is 0.508 e. The van der Waals surface area contributed by atoms with Crippen molar-refractivity contribution in [2.75, 3.05) is 6.54 Å². The molecule has 0 spiro atoms. The molecule has 3 atom stereocenters. The molecule has 136 valence electrons. The second-order valence-electron chi connectivity index (χ2n) is 8.56. The van der Waals surface area contributed by atoms with Crippen LogP contribution in [0.2, 0.25) is 0 Å². The molecule has 5 rings (SSSR count). The summed E-state index contributed by atoms with van der Waals surface area (Å²) in [5.74, 6) is 1.22. The van der Waals surface area contributed by atoms with Crippen molar-refractivity contribution in [3.05, 3.63) is 53.1 Å². The maximum Gasteiger partial charge on any atom is 0.119 e. The Balaban J connectivity index is 1.71. The van der Waals surface area contributed by atoms with Crippen LogP contribution < -0.4 is 5.32 Å². The van der Waals surface area contributed by atoms with Crippen LogP contribution in [0.1, 0.15) is 55.7 Å². The third-order valence-electron chi connectivity index (χ3n) is 7.43. The van der Waals surface area contributed by atoms with Crippen molar-refractivity contribution < 1.29 is 5.11 Å². The van der Waals surface area contributed by atoms with Crippen molar-refractivity contribution in [2.24, 2.45) is 5.92 Å². The second-order valence-corrected chi connectivity index (χ2v) is 8.56. The van der Waals surface area contributed by atoms with Gasteiger partial charge in [-0.25, -0.2) is 0 Å². The first-order valence-corrected chi connectivity index (χ1v) is 10.4. The molecule has 2 aromatic rings. The number of rotatable bonds is 2. The molecular weight excluding hydrogens is 318 g/mol. The smallest absolute Gasteiger partial charge is 0.119 e. The molecule has 26 heavy (non-hydrogen) atoms. The van der Waals surface area contributed by atoms with E-state index >= 15 is 0 Å². The normalized spacial score (nSPS) is 29.7. The summed E-state index contributed by atoms with van der Waals surface area (Å²) in [6, 6.07) is 13.8. The lowest BCUT2D eigenvalue weighted by molar-refractivity contribution is 0.0803. The van der Waals surface area contributed by atoms with E-state index in [1.165, 1.54) is 48.8 Å². The number of phenols is 1. The SMILES string of the molecule is CCc1ccc(-c2cccc3c2C24CCCC[C@H]2[C@@H](C3)NCC4)cc1O. The fourth-order valence-corrected chi connectivity index (χ4v) is 6.30. The molecule has 2 aromatic carbocycles. The van der Waals surface area contributed by atoms with Gasteiger partial charge in [-0.3, -0.25) is 0 Å². The minimum Gasteiger partial charge on any atom is -0.508 e. The first-order chi connectivity index (χ1) is 12.7. The summed E-state index contributed by atoms with van der Waals surface area (Å²) >= 11 is 0. The van der Waals surface area contributed by atoms with E-state index in [9.17, 15) is 5.11 Å². The Morgan fingerprint density at radius 3 is 2.92 bits per heavy atom. The minimum absolute atomic E-state index is 0.345. The van der Waals surface area contributed by atoms with Gasteiger partial charge >= 0.3 is 0 Å². The van der Waals surface area contributed by atoms with E-state index < -0.39 is 0 Å². The lowest BCUT2D eigenvalue weighted by atomic mass is 9.52. The van der Waals surface area contributed by atoms with Crippen molar-refractivity contribution in [3.63, 3.8) is 0 Å². The molecule has 0 amide bonds. The summed E-state index contributed by atoms with van der Waals surface area (Å²) in [6.07, 6.45) is 8.74. The van der Waals surface area contributed by atoms with Gasteiger partial charge in [0.2, 0.25) is 0 Å². The maximum absolute atomic E-state index is 10.5. The van der Waals surface area contributed by atoms with Crippen LogP contribution in [0.25, 0.3) is 11.1 Å².